The molecule has 0 aliphatic carbocycles. The van der Waals surface area contributed by atoms with Gasteiger partial charge < -0.3 is 10.6 Å². The molecule has 0 spiro atoms. The van der Waals surface area contributed by atoms with Crippen LogP contribution in [0.5, 0.6) is 0 Å². The smallest absolute Gasteiger partial charge is 0.251 e. The Morgan fingerprint density at radius 2 is 1.78 bits per heavy atom. The van der Waals surface area contributed by atoms with Crippen LogP contribution in [0.15, 0.2) is 66.9 Å². The Morgan fingerprint density at radius 3 is 2.47 bits per heavy atom. The number of hydrogen-bond acceptors (Lipinski definition) is 4. The van der Waals surface area contributed by atoms with E-state index in [1.165, 1.54) is 12.1 Å². The van der Waals surface area contributed by atoms with Crippen molar-refractivity contribution in [1.82, 2.24) is 25.4 Å². The molecule has 0 unspecified atom stereocenters. The van der Waals surface area contributed by atoms with E-state index in [9.17, 15) is 14.0 Å². The van der Waals surface area contributed by atoms with Gasteiger partial charge in [-0.2, -0.15) is 5.10 Å². The van der Waals surface area contributed by atoms with E-state index in [0.717, 1.165) is 28.3 Å². The zero-order valence-electron chi connectivity index (χ0n) is 19.9. The highest BCUT2D eigenvalue weighted by Gasteiger charge is 2.17. The lowest BCUT2D eigenvalue weighted by molar-refractivity contribution is -0.120. The van der Waals surface area contributed by atoms with Crippen LogP contribution in [0.25, 0.3) is 5.69 Å². The molecular weight excluding hydrogens is 481 g/mol. The zero-order chi connectivity index (χ0) is 25.7. The largest absolute Gasteiger partial charge is 0.352 e. The molecule has 0 atom stereocenters. The number of hydrogen-bond donors (Lipinski definition) is 2. The quantitative estimate of drug-likeness (QED) is 0.370. The molecule has 4 aromatic rings. The van der Waals surface area contributed by atoms with E-state index >= 15 is 0 Å². The van der Waals surface area contributed by atoms with E-state index in [2.05, 4.69) is 20.7 Å². The molecule has 0 saturated heterocycles. The molecule has 0 aliphatic rings. The monoisotopic (exact) mass is 505 g/mol. The molecule has 4 rings (SSSR count). The minimum Gasteiger partial charge on any atom is -0.352 e. The van der Waals surface area contributed by atoms with Crippen molar-refractivity contribution in [3.05, 3.63) is 111 Å². The average molecular weight is 506 g/mol. The molecule has 7 nitrogen and oxygen atoms in total. The Morgan fingerprint density at radius 1 is 1.00 bits per heavy atom. The maximum atomic E-state index is 13.2. The summed E-state index contributed by atoms with van der Waals surface area (Å²) >= 11 is 6.04. The summed E-state index contributed by atoms with van der Waals surface area (Å²) in [5.41, 5.74) is 5.10. The molecule has 0 bridgehead atoms. The SMILES string of the molecule is Cc1nn(-c2ccc(C(=O)NCc3ccccn3)cc2)c(C)c1CC(=O)NCc1ccc(F)cc1Cl. The second-order valence-electron chi connectivity index (χ2n) is 8.30. The van der Waals surface area contributed by atoms with Crippen molar-refractivity contribution in [2.45, 2.75) is 33.4 Å². The van der Waals surface area contributed by atoms with E-state index in [-0.39, 0.29) is 29.8 Å². The number of nitrogens with zero attached hydrogens (tertiary/aromatic N) is 3. The molecule has 36 heavy (non-hydrogen) atoms. The van der Waals surface area contributed by atoms with Crippen LogP contribution in [-0.2, 0) is 24.3 Å². The molecule has 0 saturated carbocycles. The van der Waals surface area contributed by atoms with Crippen molar-refractivity contribution in [3.8, 4) is 5.69 Å². The summed E-state index contributed by atoms with van der Waals surface area (Å²) in [6.45, 7) is 4.29. The van der Waals surface area contributed by atoms with Gasteiger partial charge in [0.25, 0.3) is 5.91 Å². The maximum Gasteiger partial charge on any atom is 0.251 e. The first-order chi connectivity index (χ1) is 17.3. The summed E-state index contributed by atoms with van der Waals surface area (Å²) in [4.78, 5) is 29.3. The highest BCUT2D eigenvalue weighted by Crippen LogP contribution is 2.20. The van der Waals surface area contributed by atoms with Crippen LogP contribution in [0, 0.1) is 19.7 Å². The second-order valence-corrected chi connectivity index (χ2v) is 8.71. The predicted octanol–water partition coefficient (Wildman–Crippen LogP) is 4.47. The van der Waals surface area contributed by atoms with Crippen molar-refractivity contribution in [2.24, 2.45) is 0 Å². The summed E-state index contributed by atoms with van der Waals surface area (Å²) in [5.74, 6) is -0.813. The predicted molar refractivity (Wildman–Crippen MR) is 135 cm³/mol. The van der Waals surface area contributed by atoms with Gasteiger partial charge in [-0.1, -0.05) is 23.7 Å². The fraction of sp³-hybridized carbons (Fsp3) is 0.185. The van der Waals surface area contributed by atoms with Crippen molar-refractivity contribution in [1.29, 1.82) is 0 Å². The number of rotatable bonds is 8. The van der Waals surface area contributed by atoms with Crippen LogP contribution in [0.1, 0.15) is 38.6 Å². The molecule has 0 aliphatic heterocycles. The van der Waals surface area contributed by atoms with E-state index < -0.39 is 5.82 Å². The van der Waals surface area contributed by atoms with Gasteiger partial charge in [0.2, 0.25) is 5.91 Å². The van der Waals surface area contributed by atoms with E-state index in [1.807, 2.05) is 44.2 Å². The summed E-state index contributed by atoms with van der Waals surface area (Å²) in [7, 11) is 0. The molecule has 0 fully saturated rings. The number of aromatic nitrogens is 3. The van der Waals surface area contributed by atoms with Gasteiger partial charge in [-0.15, -0.1) is 0 Å². The van der Waals surface area contributed by atoms with Gasteiger partial charge >= 0.3 is 0 Å². The van der Waals surface area contributed by atoms with Gasteiger partial charge in [0.1, 0.15) is 5.82 Å². The first-order valence-electron chi connectivity index (χ1n) is 11.4. The molecular formula is C27H25ClFN5O2. The summed E-state index contributed by atoms with van der Waals surface area (Å²) in [6.07, 6.45) is 1.83. The van der Waals surface area contributed by atoms with Crippen LogP contribution in [-0.4, -0.2) is 26.6 Å². The van der Waals surface area contributed by atoms with Crippen molar-refractivity contribution >= 4 is 23.4 Å². The second kappa shape index (κ2) is 11.1. The average Bonchev–Trinajstić information content (AvgIpc) is 3.15. The third-order valence-electron chi connectivity index (χ3n) is 5.80. The van der Waals surface area contributed by atoms with Gasteiger partial charge in [-0.3, -0.25) is 14.6 Å². The maximum absolute atomic E-state index is 13.2. The molecule has 184 valence electrons. The molecule has 2 N–H and O–H groups in total. The first-order valence-corrected chi connectivity index (χ1v) is 11.7. The molecule has 2 heterocycles. The van der Waals surface area contributed by atoms with Crippen LogP contribution >= 0.6 is 11.6 Å². The third kappa shape index (κ3) is 5.95. The van der Waals surface area contributed by atoms with Gasteiger partial charge in [0.15, 0.2) is 0 Å². The number of carbonyl (C=O) groups is 2. The topological polar surface area (TPSA) is 88.9 Å². The van der Waals surface area contributed by atoms with Crippen molar-refractivity contribution < 1.29 is 14.0 Å². The number of halogens is 2. The normalized spacial score (nSPS) is 10.8. The van der Waals surface area contributed by atoms with Crippen LogP contribution in [0.4, 0.5) is 4.39 Å². The zero-order valence-corrected chi connectivity index (χ0v) is 20.6. The highest BCUT2D eigenvalue weighted by atomic mass is 35.5. The Kier molecular flexibility index (Phi) is 7.75. The number of amides is 2. The standard InChI is InChI=1S/C27H25ClFN5O2/c1-17-24(14-26(35)31-15-20-6-9-21(29)13-25(20)28)18(2)34(33-17)23-10-7-19(8-11-23)27(36)32-16-22-5-3-4-12-30-22/h3-13H,14-16H2,1-2H3,(H,31,35)(H,32,36). The lowest BCUT2D eigenvalue weighted by Gasteiger charge is -2.09. The van der Waals surface area contributed by atoms with Crippen LogP contribution in [0.2, 0.25) is 5.02 Å². The molecule has 2 aromatic heterocycles. The Labute approximate surface area is 213 Å². The number of carbonyl (C=O) groups excluding carboxylic acids is 2. The van der Waals surface area contributed by atoms with Gasteiger partial charge in [-0.25, -0.2) is 9.07 Å². The molecule has 0 radical (unpaired) electrons. The van der Waals surface area contributed by atoms with Gasteiger partial charge in [0.05, 0.1) is 30.0 Å². The number of aryl methyl sites for hydroxylation is 1. The number of nitrogens with one attached hydrogen (secondary N) is 2. The van der Waals surface area contributed by atoms with Gasteiger partial charge in [0, 0.05) is 34.6 Å². The van der Waals surface area contributed by atoms with Crippen LogP contribution in [0.3, 0.4) is 0 Å². The van der Waals surface area contributed by atoms with Crippen LogP contribution < -0.4 is 10.6 Å². The lowest BCUT2D eigenvalue weighted by atomic mass is 10.1. The molecule has 9 heteroatoms. The highest BCUT2D eigenvalue weighted by molar-refractivity contribution is 6.31. The lowest BCUT2D eigenvalue weighted by Crippen LogP contribution is -2.25. The van der Waals surface area contributed by atoms with E-state index in [0.29, 0.717) is 17.7 Å². The number of pyridine rings is 1. The molecule has 2 amide bonds. The molecule has 2 aromatic carbocycles. The fourth-order valence-electron chi connectivity index (χ4n) is 3.79. The Balaban J connectivity index is 1.39. The summed E-state index contributed by atoms with van der Waals surface area (Å²) in [5, 5.41) is 10.5. The minimum absolute atomic E-state index is 0.143. The fourth-order valence-corrected chi connectivity index (χ4v) is 4.03. The summed E-state index contributed by atoms with van der Waals surface area (Å²) < 4.78 is 15.0. The van der Waals surface area contributed by atoms with Gasteiger partial charge in [-0.05, 0) is 67.9 Å². The Hall–Kier alpha value is -4.04. The third-order valence-corrected chi connectivity index (χ3v) is 6.15. The first kappa shape index (κ1) is 25.1. The van der Waals surface area contributed by atoms with E-state index in [4.69, 9.17) is 11.6 Å². The van der Waals surface area contributed by atoms with Crippen molar-refractivity contribution in [2.75, 3.05) is 0 Å². The van der Waals surface area contributed by atoms with Crippen molar-refractivity contribution in [3.63, 3.8) is 0 Å². The minimum atomic E-state index is -0.424. The number of benzene rings is 2. The summed E-state index contributed by atoms with van der Waals surface area (Å²) in [6, 6.07) is 16.7. The van der Waals surface area contributed by atoms with E-state index in [1.54, 1.807) is 29.1 Å². The Bertz CT molecular complexity index is 1390.